The number of fused-ring (bicyclic) bond motifs is 1. The van der Waals surface area contributed by atoms with Crippen molar-refractivity contribution in [1.29, 1.82) is 0 Å². The van der Waals surface area contributed by atoms with Crippen molar-refractivity contribution in [1.82, 2.24) is 5.43 Å². The average Bonchev–Trinajstić information content (AvgIpc) is 2.81. The third kappa shape index (κ3) is 5.06. The molecule has 3 aromatic carbocycles. The molecule has 0 saturated carbocycles. The van der Waals surface area contributed by atoms with E-state index in [4.69, 9.17) is 27.9 Å². The Balaban J connectivity index is 1.48. The molecule has 0 atom stereocenters. The van der Waals surface area contributed by atoms with Crippen molar-refractivity contribution in [2.24, 2.45) is 5.10 Å². The Hall–Kier alpha value is -3.02. The van der Waals surface area contributed by atoms with E-state index in [1.165, 1.54) is 17.3 Å². The molecule has 0 bridgehead atoms. The molecular formula is C25H23Cl2N3O2. The van der Waals surface area contributed by atoms with Gasteiger partial charge in [-0.05, 0) is 66.4 Å². The summed E-state index contributed by atoms with van der Waals surface area (Å²) >= 11 is 11.9. The number of rotatable bonds is 6. The number of nitrogens with one attached hydrogen (secondary N) is 1. The Labute approximate surface area is 197 Å². The molecule has 1 aliphatic rings. The fraction of sp³-hybridized carbons (Fsp3) is 0.200. The van der Waals surface area contributed by atoms with Gasteiger partial charge in [0.2, 0.25) is 0 Å². The maximum Gasteiger partial charge on any atom is 0.271 e. The monoisotopic (exact) mass is 467 g/mol. The van der Waals surface area contributed by atoms with Crippen LogP contribution < -0.4 is 15.1 Å². The number of anilines is 1. The van der Waals surface area contributed by atoms with Crippen LogP contribution in [-0.4, -0.2) is 25.8 Å². The number of amides is 1. The number of methoxy groups -OCH3 is 1. The standard InChI is InChI=1S/C25H23Cl2N3O2/c1-32-24-11-8-17(15-28-29-25(31)19-9-10-21(26)22(27)14-19)13-20(24)16-30-12-4-6-18-5-2-3-7-23(18)30/h2-3,5,7-11,13-15H,4,6,12,16H2,1H3,(H,29,31)/b28-15+. The Morgan fingerprint density at radius 2 is 1.97 bits per heavy atom. The minimum absolute atomic E-state index is 0.322. The number of hydrogen-bond donors (Lipinski definition) is 1. The van der Waals surface area contributed by atoms with E-state index < -0.39 is 0 Å². The highest BCUT2D eigenvalue weighted by Gasteiger charge is 2.18. The lowest BCUT2D eigenvalue weighted by molar-refractivity contribution is 0.0955. The molecule has 0 aliphatic carbocycles. The van der Waals surface area contributed by atoms with Gasteiger partial charge in [-0.2, -0.15) is 5.10 Å². The third-order valence-electron chi connectivity index (χ3n) is 5.43. The van der Waals surface area contributed by atoms with Gasteiger partial charge in [0.05, 0.1) is 23.4 Å². The van der Waals surface area contributed by atoms with Crippen molar-refractivity contribution in [3.8, 4) is 5.75 Å². The van der Waals surface area contributed by atoms with Crippen LogP contribution in [0.1, 0.15) is 33.5 Å². The molecule has 0 fully saturated rings. The molecular weight excluding hydrogens is 445 g/mol. The fourth-order valence-corrected chi connectivity index (χ4v) is 4.15. The second-order valence-corrected chi connectivity index (χ2v) is 8.37. The van der Waals surface area contributed by atoms with Crippen LogP contribution >= 0.6 is 23.2 Å². The topological polar surface area (TPSA) is 53.9 Å². The minimum Gasteiger partial charge on any atom is -0.496 e. The molecule has 164 valence electrons. The molecule has 0 unspecified atom stereocenters. The van der Waals surface area contributed by atoms with Crippen LogP contribution in [0.2, 0.25) is 10.0 Å². The molecule has 32 heavy (non-hydrogen) atoms. The predicted molar refractivity (Wildman–Crippen MR) is 130 cm³/mol. The van der Waals surface area contributed by atoms with Crippen LogP contribution in [0.3, 0.4) is 0 Å². The van der Waals surface area contributed by atoms with Crippen LogP contribution in [0.25, 0.3) is 0 Å². The van der Waals surface area contributed by atoms with Gasteiger partial charge in [0.1, 0.15) is 5.75 Å². The van der Waals surface area contributed by atoms with Gasteiger partial charge in [0.15, 0.2) is 0 Å². The van der Waals surface area contributed by atoms with Crippen molar-refractivity contribution in [2.45, 2.75) is 19.4 Å². The molecule has 1 aliphatic heterocycles. The second kappa shape index (κ2) is 10.1. The summed E-state index contributed by atoms with van der Waals surface area (Å²) in [6, 6.07) is 19.1. The molecule has 3 aromatic rings. The van der Waals surface area contributed by atoms with Crippen molar-refractivity contribution in [2.75, 3.05) is 18.6 Å². The predicted octanol–water partition coefficient (Wildman–Crippen LogP) is 5.72. The van der Waals surface area contributed by atoms with E-state index in [2.05, 4.69) is 39.7 Å². The number of halogens is 2. The van der Waals surface area contributed by atoms with Crippen molar-refractivity contribution >= 4 is 41.0 Å². The SMILES string of the molecule is COc1ccc(/C=N/NC(=O)c2ccc(Cl)c(Cl)c2)cc1CN1CCCc2ccccc21. The quantitative estimate of drug-likeness (QED) is 0.372. The van der Waals surface area contributed by atoms with Crippen LogP contribution in [0.5, 0.6) is 5.75 Å². The molecule has 0 radical (unpaired) electrons. The van der Waals surface area contributed by atoms with Gasteiger partial charge in [0.25, 0.3) is 5.91 Å². The first-order valence-corrected chi connectivity index (χ1v) is 11.1. The van der Waals surface area contributed by atoms with E-state index in [9.17, 15) is 4.79 Å². The number of aryl methyl sites for hydroxylation is 1. The largest absolute Gasteiger partial charge is 0.496 e. The molecule has 1 amide bonds. The highest BCUT2D eigenvalue weighted by molar-refractivity contribution is 6.42. The number of carbonyl (C=O) groups excluding carboxylic acids is 1. The van der Waals surface area contributed by atoms with E-state index in [0.29, 0.717) is 15.6 Å². The first-order valence-electron chi connectivity index (χ1n) is 10.3. The summed E-state index contributed by atoms with van der Waals surface area (Å²) in [4.78, 5) is 14.7. The summed E-state index contributed by atoms with van der Waals surface area (Å²) < 4.78 is 5.59. The van der Waals surface area contributed by atoms with Crippen LogP contribution in [0.4, 0.5) is 5.69 Å². The van der Waals surface area contributed by atoms with Crippen molar-refractivity contribution in [3.63, 3.8) is 0 Å². The van der Waals surface area contributed by atoms with Gasteiger partial charge in [0, 0.05) is 29.9 Å². The number of para-hydroxylation sites is 1. The summed E-state index contributed by atoms with van der Waals surface area (Å²) in [7, 11) is 1.67. The first kappa shape index (κ1) is 22.2. The lowest BCUT2D eigenvalue weighted by atomic mass is 10.0. The Morgan fingerprint density at radius 3 is 2.78 bits per heavy atom. The number of carbonyl (C=O) groups is 1. The zero-order chi connectivity index (χ0) is 22.5. The summed E-state index contributed by atoms with van der Waals surface area (Å²) in [6.07, 6.45) is 3.85. The van der Waals surface area contributed by atoms with Crippen molar-refractivity contribution in [3.05, 3.63) is 93.0 Å². The molecule has 0 aromatic heterocycles. The van der Waals surface area contributed by atoms with Gasteiger partial charge in [-0.15, -0.1) is 0 Å². The average molecular weight is 468 g/mol. The number of benzene rings is 3. The lowest BCUT2D eigenvalue weighted by Gasteiger charge is -2.31. The van der Waals surface area contributed by atoms with Gasteiger partial charge in [-0.25, -0.2) is 5.43 Å². The second-order valence-electron chi connectivity index (χ2n) is 7.55. The van der Waals surface area contributed by atoms with E-state index in [1.54, 1.807) is 25.5 Å². The van der Waals surface area contributed by atoms with Crippen LogP contribution in [0.15, 0.2) is 65.8 Å². The molecule has 1 N–H and O–H groups in total. The minimum atomic E-state index is -0.363. The Bertz CT molecular complexity index is 1160. The summed E-state index contributed by atoms with van der Waals surface area (Å²) in [6.45, 7) is 1.73. The zero-order valence-corrected chi connectivity index (χ0v) is 19.2. The fourth-order valence-electron chi connectivity index (χ4n) is 3.85. The molecule has 0 saturated heterocycles. The summed E-state index contributed by atoms with van der Waals surface area (Å²) in [5.41, 5.74) is 7.48. The smallest absolute Gasteiger partial charge is 0.271 e. The van der Waals surface area contributed by atoms with Gasteiger partial charge < -0.3 is 9.64 Å². The van der Waals surface area contributed by atoms with E-state index >= 15 is 0 Å². The molecule has 0 spiro atoms. The summed E-state index contributed by atoms with van der Waals surface area (Å²) in [5, 5.41) is 4.81. The number of hydrogen-bond acceptors (Lipinski definition) is 4. The Morgan fingerprint density at radius 1 is 1.12 bits per heavy atom. The highest BCUT2D eigenvalue weighted by Crippen LogP contribution is 2.30. The van der Waals surface area contributed by atoms with Gasteiger partial charge >= 0.3 is 0 Å². The summed E-state index contributed by atoms with van der Waals surface area (Å²) in [5.74, 6) is 0.462. The molecule has 1 heterocycles. The lowest BCUT2D eigenvalue weighted by Crippen LogP contribution is -2.29. The third-order valence-corrected chi connectivity index (χ3v) is 6.17. The van der Waals surface area contributed by atoms with Crippen molar-refractivity contribution < 1.29 is 9.53 Å². The maximum absolute atomic E-state index is 12.3. The maximum atomic E-state index is 12.3. The number of ether oxygens (including phenoxy) is 1. The zero-order valence-electron chi connectivity index (χ0n) is 17.6. The first-order chi connectivity index (χ1) is 15.5. The molecule has 4 rings (SSSR count). The van der Waals surface area contributed by atoms with Gasteiger partial charge in [-0.3, -0.25) is 4.79 Å². The Kier molecular flexibility index (Phi) is 6.98. The number of nitrogens with zero attached hydrogens (tertiary/aromatic N) is 2. The van der Waals surface area contributed by atoms with Crippen LogP contribution in [-0.2, 0) is 13.0 Å². The van der Waals surface area contributed by atoms with Crippen LogP contribution in [0, 0.1) is 0 Å². The number of hydrazone groups is 1. The normalized spacial score (nSPS) is 13.2. The molecule has 5 nitrogen and oxygen atoms in total. The van der Waals surface area contributed by atoms with E-state index in [-0.39, 0.29) is 5.91 Å². The van der Waals surface area contributed by atoms with Gasteiger partial charge in [-0.1, -0.05) is 41.4 Å². The highest BCUT2D eigenvalue weighted by atomic mass is 35.5. The van der Waals surface area contributed by atoms with E-state index in [0.717, 1.165) is 42.8 Å². The van der Waals surface area contributed by atoms with E-state index in [1.807, 2.05) is 18.2 Å². The molecule has 7 heteroatoms.